The molecule has 0 spiro atoms. The maximum absolute atomic E-state index is 5.47. The minimum absolute atomic E-state index is 0. The van der Waals surface area contributed by atoms with Crippen LogP contribution in [0.3, 0.4) is 0 Å². The molecule has 0 amide bonds. The van der Waals surface area contributed by atoms with E-state index in [1.54, 1.807) is 0 Å². The van der Waals surface area contributed by atoms with Gasteiger partial charge in [0.1, 0.15) is 13.1 Å². The summed E-state index contributed by atoms with van der Waals surface area (Å²) in [5.74, 6) is 0. The van der Waals surface area contributed by atoms with Crippen LogP contribution in [-0.2, 0) is 4.74 Å². The van der Waals surface area contributed by atoms with Crippen LogP contribution in [0.4, 0.5) is 0 Å². The summed E-state index contributed by atoms with van der Waals surface area (Å²) in [6.07, 6.45) is 20.3. The lowest BCUT2D eigenvalue weighted by molar-refractivity contribution is -0.917. The number of ether oxygens (including phenoxy) is 1. The van der Waals surface area contributed by atoms with E-state index in [1.807, 2.05) is 0 Å². The number of nitrogens with zero attached hydrogens (tertiary/aromatic N) is 1. The van der Waals surface area contributed by atoms with Gasteiger partial charge in [-0.25, -0.2) is 0 Å². The fraction of sp³-hybridized carbons (Fsp3) is 1.00. The van der Waals surface area contributed by atoms with Gasteiger partial charge in [0.25, 0.3) is 0 Å². The van der Waals surface area contributed by atoms with Gasteiger partial charge in [-0.1, -0.05) is 84.0 Å². The maximum Gasteiger partial charge on any atom is 0.102 e. The third-order valence-electron chi connectivity index (χ3n) is 5.60. The van der Waals surface area contributed by atoms with Crippen LogP contribution in [0.5, 0.6) is 0 Å². The molecule has 0 aliphatic carbocycles. The second-order valence-corrected chi connectivity index (χ2v) is 8.00. The third kappa shape index (κ3) is 13.5. The Labute approximate surface area is 158 Å². The number of halogens is 1. The Morgan fingerprint density at radius 3 is 1.42 bits per heavy atom. The van der Waals surface area contributed by atoms with Crippen molar-refractivity contribution in [2.24, 2.45) is 0 Å². The molecule has 0 aromatic heterocycles. The van der Waals surface area contributed by atoms with E-state index in [-0.39, 0.29) is 12.4 Å². The summed E-state index contributed by atoms with van der Waals surface area (Å²) in [6, 6.07) is 0. The molecule has 146 valence electrons. The first-order valence-corrected chi connectivity index (χ1v) is 10.7. The second-order valence-electron chi connectivity index (χ2n) is 8.00. The second kappa shape index (κ2) is 16.7. The predicted octanol–water partition coefficient (Wildman–Crippen LogP) is 2.95. The van der Waals surface area contributed by atoms with Crippen LogP contribution in [0.1, 0.15) is 96.8 Å². The van der Waals surface area contributed by atoms with Gasteiger partial charge in [-0.05, 0) is 12.8 Å². The quantitative estimate of drug-likeness (QED) is 0.322. The molecule has 1 saturated heterocycles. The van der Waals surface area contributed by atoms with Crippen molar-refractivity contribution in [2.75, 3.05) is 39.9 Å². The van der Waals surface area contributed by atoms with Crippen molar-refractivity contribution < 1.29 is 21.6 Å². The zero-order valence-electron chi connectivity index (χ0n) is 16.7. The number of likely N-dealkylation sites (N-methyl/N-ethyl adjacent to an activating group) is 1. The van der Waals surface area contributed by atoms with Crippen molar-refractivity contribution in [3.8, 4) is 0 Å². The number of hydrogen-bond acceptors (Lipinski definition) is 1. The molecule has 0 saturated carbocycles. The van der Waals surface area contributed by atoms with E-state index in [4.69, 9.17) is 4.74 Å². The molecule has 0 atom stereocenters. The van der Waals surface area contributed by atoms with Gasteiger partial charge in [0, 0.05) is 0 Å². The van der Waals surface area contributed by atoms with Crippen LogP contribution in [0.15, 0.2) is 0 Å². The predicted molar refractivity (Wildman–Crippen MR) is 102 cm³/mol. The van der Waals surface area contributed by atoms with Gasteiger partial charge >= 0.3 is 0 Å². The summed E-state index contributed by atoms with van der Waals surface area (Å²) in [4.78, 5) is 0. The van der Waals surface area contributed by atoms with Gasteiger partial charge in [-0.2, -0.15) is 0 Å². The first-order valence-electron chi connectivity index (χ1n) is 10.7. The van der Waals surface area contributed by atoms with E-state index >= 15 is 0 Å². The highest BCUT2D eigenvalue weighted by molar-refractivity contribution is 4.51. The molecule has 0 N–H and O–H groups in total. The van der Waals surface area contributed by atoms with Crippen LogP contribution >= 0.6 is 0 Å². The van der Waals surface area contributed by atoms with E-state index in [0.717, 1.165) is 13.2 Å². The lowest BCUT2D eigenvalue weighted by Gasteiger charge is -2.37. The molecule has 1 rings (SSSR count). The van der Waals surface area contributed by atoms with Crippen molar-refractivity contribution in [3.05, 3.63) is 0 Å². The molecule has 1 fully saturated rings. The van der Waals surface area contributed by atoms with Gasteiger partial charge in [0.15, 0.2) is 0 Å². The maximum atomic E-state index is 5.47. The Morgan fingerprint density at radius 2 is 1.00 bits per heavy atom. The van der Waals surface area contributed by atoms with E-state index < -0.39 is 0 Å². The van der Waals surface area contributed by atoms with Crippen molar-refractivity contribution in [1.29, 1.82) is 0 Å². The Morgan fingerprint density at radius 1 is 0.625 bits per heavy atom. The summed E-state index contributed by atoms with van der Waals surface area (Å²) in [6.45, 7) is 8.03. The lowest BCUT2D eigenvalue weighted by atomic mass is 10.0. The van der Waals surface area contributed by atoms with E-state index in [1.165, 1.54) is 114 Å². The average Bonchev–Trinajstić information content (AvgIpc) is 2.56. The molecular formula is C21H44ClNO. The minimum Gasteiger partial charge on any atom is -1.00 e. The highest BCUT2D eigenvalue weighted by atomic mass is 35.5. The molecule has 0 aromatic rings. The fourth-order valence-corrected chi connectivity index (χ4v) is 3.70. The number of morpholine rings is 1. The molecule has 0 unspecified atom stereocenters. The van der Waals surface area contributed by atoms with Crippen LogP contribution in [0, 0.1) is 0 Å². The van der Waals surface area contributed by atoms with E-state index in [9.17, 15) is 0 Å². The largest absolute Gasteiger partial charge is 1.00 e. The van der Waals surface area contributed by atoms with Crippen LogP contribution in [0.25, 0.3) is 0 Å². The first kappa shape index (κ1) is 24.2. The highest BCUT2D eigenvalue weighted by Gasteiger charge is 2.23. The van der Waals surface area contributed by atoms with Crippen molar-refractivity contribution in [1.82, 2.24) is 0 Å². The molecule has 0 radical (unpaired) electrons. The van der Waals surface area contributed by atoms with Crippen molar-refractivity contribution in [3.63, 3.8) is 0 Å². The van der Waals surface area contributed by atoms with E-state index in [2.05, 4.69) is 14.0 Å². The van der Waals surface area contributed by atoms with Gasteiger partial charge < -0.3 is 21.6 Å². The van der Waals surface area contributed by atoms with Crippen LogP contribution in [-0.4, -0.2) is 44.4 Å². The average molecular weight is 362 g/mol. The SMILES string of the molecule is CCCCCCCCCCCCCCCC[N+]1(C)CCOCC1.[Cl-]. The number of unbranched alkanes of at least 4 members (excludes halogenated alkanes) is 13. The molecule has 2 nitrogen and oxygen atoms in total. The molecule has 3 heteroatoms. The Hall–Kier alpha value is 0.210. The van der Waals surface area contributed by atoms with Crippen molar-refractivity contribution >= 4 is 0 Å². The molecule has 0 aromatic carbocycles. The zero-order chi connectivity index (χ0) is 16.6. The highest BCUT2D eigenvalue weighted by Crippen LogP contribution is 2.14. The van der Waals surface area contributed by atoms with Gasteiger partial charge in [-0.15, -0.1) is 0 Å². The Balaban J connectivity index is 0.00000529. The zero-order valence-corrected chi connectivity index (χ0v) is 17.4. The summed E-state index contributed by atoms with van der Waals surface area (Å²) in [5, 5.41) is 0. The molecule has 1 aliphatic heterocycles. The molecule has 24 heavy (non-hydrogen) atoms. The number of rotatable bonds is 15. The third-order valence-corrected chi connectivity index (χ3v) is 5.60. The standard InChI is InChI=1S/C21H44NO.ClH/c1-3-4-5-6-7-8-9-10-11-12-13-14-15-16-17-22(2)18-20-23-21-19-22;/h3-21H2,1-2H3;1H/q+1;/p-1. The minimum atomic E-state index is 0. The van der Waals surface area contributed by atoms with Crippen LogP contribution in [0.2, 0.25) is 0 Å². The summed E-state index contributed by atoms with van der Waals surface area (Å²) >= 11 is 0. The lowest BCUT2D eigenvalue weighted by Crippen LogP contribution is -3.00. The summed E-state index contributed by atoms with van der Waals surface area (Å²) < 4.78 is 6.72. The monoisotopic (exact) mass is 361 g/mol. The van der Waals surface area contributed by atoms with Crippen LogP contribution < -0.4 is 12.4 Å². The summed E-state index contributed by atoms with van der Waals surface area (Å²) in [7, 11) is 2.41. The molecule has 1 heterocycles. The number of quaternary nitrogens is 1. The number of hydrogen-bond donors (Lipinski definition) is 0. The Bertz CT molecular complexity index is 254. The molecule has 1 aliphatic rings. The first-order chi connectivity index (χ1) is 11.3. The molecule has 0 bridgehead atoms. The van der Waals surface area contributed by atoms with E-state index in [0.29, 0.717) is 0 Å². The normalized spacial score (nSPS) is 16.8. The Kier molecular flexibility index (Phi) is 16.8. The van der Waals surface area contributed by atoms with Crippen molar-refractivity contribution in [2.45, 2.75) is 96.8 Å². The summed E-state index contributed by atoms with van der Waals surface area (Å²) in [5.41, 5.74) is 0. The topological polar surface area (TPSA) is 9.23 Å². The fourth-order valence-electron chi connectivity index (χ4n) is 3.70. The van der Waals surface area contributed by atoms with Gasteiger partial charge in [-0.3, -0.25) is 0 Å². The molecular weight excluding hydrogens is 318 g/mol. The smallest absolute Gasteiger partial charge is 0.102 e. The van der Waals surface area contributed by atoms with Gasteiger partial charge in [0.2, 0.25) is 0 Å². The van der Waals surface area contributed by atoms with Gasteiger partial charge in [0.05, 0.1) is 26.8 Å².